The first kappa shape index (κ1) is 17.9. The van der Waals surface area contributed by atoms with Crippen LogP contribution >= 0.6 is 0 Å². The normalized spacial score (nSPS) is 28.9. The molecule has 3 rings (SSSR count). The highest BCUT2D eigenvalue weighted by atomic mass is 16.5. The van der Waals surface area contributed by atoms with E-state index >= 15 is 0 Å². The fraction of sp³-hybridized carbons (Fsp3) is 0.500. The maximum absolute atomic E-state index is 13.4. The van der Waals surface area contributed by atoms with Gasteiger partial charge in [-0.15, -0.1) is 6.58 Å². The van der Waals surface area contributed by atoms with Gasteiger partial charge in [0.2, 0.25) is 5.91 Å². The lowest BCUT2D eigenvalue weighted by Gasteiger charge is -2.37. The fourth-order valence-electron chi connectivity index (χ4n) is 4.07. The molecule has 3 atom stereocenters. The molecular weight excluding hydrogens is 310 g/mol. The minimum absolute atomic E-state index is 0.0879. The average Bonchev–Trinajstić information content (AvgIpc) is 3.03. The van der Waals surface area contributed by atoms with E-state index in [4.69, 9.17) is 4.74 Å². The number of hydrogen-bond acceptors (Lipinski definition) is 2. The molecule has 0 spiro atoms. The summed E-state index contributed by atoms with van der Waals surface area (Å²) in [6.07, 6.45) is 10.8. The quantitative estimate of drug-likeness (QED) is 0.729. The molecule has 0 aromatic heterocycles. The van der Waals surface area contributed by atoms with Crippen molar-refractivity contribution in [1.82, 2.24) is 4.90 Å². The van der Waals surface area contributed by atoms with Crippen molar-refractivity contribution in [1.29, 1.82) is 0 Å². The van der Waals surface area contributed by atoms with Gasteiger partial charge in [0.05, 0.1) is 24.2 Å². The maximum atomic E-state index is 13.4. The van der Waals surface area contributed by atoms with E-state index < -0.39 is 0 Å². The van der Waals surface area contributed by atoms with Crippen LogP contribution in [0.5, 0.6) is 0 Å². The van der Waals surface area contributed by atoms with Crippen molar-refractivity contribution in [3.63, 3.8) is 0 Å². The summed E-state index contributed by atoms with van der Waals surface area (Å²) in [7, 11) is 0. The predicted molar refractivity (Wildman–Crippen MR) is 101 cm³/mol. The Morgan fingerprint density at radius 2 is 2.16 bits per heavy atom. The lowest BCUT2D eigenvalue weighted by Crippen LogP contribution is -2.48. The molecule has 1 amide bonds. The summed E-state index contributed by atoms with van der Waals surface area (Å²) in [5, 5.41) is 0. The summed E-state index contributed by atoms with van der Waals surface area (Å²) in [6, 6.07) is 10.5. The average molecular weight is 339 g/mol. The summed E-state index contributed by atoms with van der Waals surface area (Å²) in [6.45, 7) is 7.21. The van der Waals surface area contributed by atoms with Gasteiger partial charge in [-0.1, -0.05) is 55.5 Å². The van der Waals surface area contributed by atoms with Gasteiger partial charge in [0, 0.05) is 6.54 Å². The number of allylic oxidation sites excluding steroid dienone is 2. The molecule has 1 unspecified atom stereocenters. The van der Waals surface area contributed by atoms with Crippen LogP contribution in [-0.2, 0) is 16.0 Å². The third kappa shape index (κ3) is 4.04. The van der Waals surface area contributed by atoms with Crippen LogP contribution in [0.25, 0.3) is 0 Å². The second-order valence-corrected chi connectivity index (χ2v) is 7.48. The maximum Gasteiger partial charge on any atom is 0.229 e. The molecule has 1 aromatic carbocycles. The standard InChI is InChI=1S/C22H29NO2/c1-3-16-25-20-12-15-23(19(20)17-18-10-6-4-7-11-18)21(24)22(2)13-8-5-9-14-22/h3-8,10-11,19-20H,1,9,12-17H2,2H3/t19-,20+,22?/m0/s1. The monoisotopic (exact) mass is 339 g/mol. The Morgan fingerprint density at radius 3 is 2.84 bits per heavy atom. The van der Waals surface area contributed by atoms with Crippen molar-refractivity contribution >= 4 is 5.91 Å². The number of rotatable bonds is 6. The van der Waals surface area contributed by atoms with Crippen LogP contribution in [0.15, 0.2) is 55.1 Å². The molecule has 134 valence electrons. The molecule has 0 radical (unpaired) electrons. The van der Waals surface area contributed by atoms with Crippen molar-refractivity contribution < 1.29 is 9.53 Å². The summed E-state index contributed by atoms with van der Waals surface area (Å²) in [5.41, 5.74) is 0.991. The van der Waals surface area contributed by atoms with Crippen molar-refractivity contribution in [3.05, 3.63) is 60.7 Å². The molecule has 1 aromatic rings. The van der Waals surface area contributed by atoms with E-state index in [-0.39, 0.29) is 17.6 Å². The van der Waals surface area contributed by atoms with Gasteiger partial charge in [-0.25, -0.2) is 0 Å². The molecule has 2 aliphatic rings. The Kier molecular flexibility index (Phi) is 5.74. The van der Waals surface area contributed by atoms with Crippen LogP contribution in [-0.4, -0.2) is 36.1 Å². The second kappa shape index (κ2) is 8.01. The molecule has 1 fully saturated rings. The van der Waals surface area contributed by atoms with Gasteiger partial charge < -0.3 is 9.64 Å². The smallest absolute Gasteiger partial charge is 0.229 e. The number of nitrogens with zero attached hydrogens (tertiary/aromatic N) is 1. The number of benzene rings is 1. The Bertz CT molecular complexity index is 624. The van der Waals surface area contributed by atoms with Gasteiger partial charge in [-0.3, -0.25) is 4.79 Å². The van der Waals surface area contributed by atoms with Gasteiger partial charge in [-0.2, -0.15) is 0 Å². The third-order valence-corrected chi connectivity index (χ3v) is 5.57. The first-order chi connectivity index (χ1) is 12.1. The highest BCUT2D eigenvalue weighted by Gasteiger charge is 2.44. The highest BCUT2D eigenvalue weighted by molar-refractivity contribution is 5.83. The molecule has 1 saturated heterocycles. The topological polar surface area (TPSA) is 29.5 Å². The van der Waals surface area contributed by atoms with E-state index in [0.717, 1.165) is 38.6 Å². The minimum atomic E-state index is -0.267. The molecule has 3 heteroatoms. The number of carbonyl (C=O) groups is 1. The summed E-state index contributed by atoms with van der Waals surface area (Å²) in [5.74, 6) is 0.294. The van der Waals surface area contributed by atoms with E-state index in [1.54, 1.807) is 6.08 Å². The molecule has 1 aliphatic heterocycles. The molecule has 0 N–H and O–H groups in total. The summed E-state index contributed by atoms with van der Waals surface area (Å²) in [4.78, 5) is 15.5. The second-order valence-electron chi connectivity index (χ2n) is 7.48. The Morgan fingerprint density at radius 1 is 1.36 bits per heavy atom. The van der Waals surface area contributed by atoms with Crippen molar-refractivity contribution in [2.45, 2.75) is 51.2 Å². The first-order valence-electron chi connectivity index (χ1n) is 9.36. The number of hydrogen-bond donors (Lipinski definition) is 0. The summed E-state index contributed by atoms with van der Waals surface area (Å²) < 4.78 is 6.01. The minimum Gasteiger partial charge on any atom is -0.372 e. The zero-order valence-corrected chi connectivity index (χ0v) is 15.2. The van der Waals surface area contributed by atoms with Crippen LogP contribution in [0.2, 0.25) is 0 Å². The van der Waals surface area contributed by atoms with Crippen molar-refractivity contribution in [3.8, 4) is 0 Å². The van der Waals surface area contributed by atoms with Gasteiger partial charge in [0.15, 0.2) is 0 Å². The van der Waals surface area contributed by atoms with Crippen LogP contribution in [0, 0.1) is 5.41 Å². The predicted octanol–water partition coefficient (Wildman–Crippen LogP) is 4.15. The first-order valence-corrected chi connectivity index (χ1v) is 9.36. The summed E-state index contributed by atoms with van der Waals surface area (Å²) >= 11 is 0. The lowest BCUT2D eigenvalue weighted by atomic mass is 9.77. The van der Waals surface area contributed by atoms with Gasteiger partial charge >= 0.3 is 0 Å². The van der Waals surface area contributed by atoms with E-state index in [1.165, 1.54) is 5.56 Å². The SMILES string of the molecule is C=CCO[C@@H]1CCN(C(=O)C2(C)CC=CCC2)[C@H]1Cc1ccccc1. The zero-order chi connectivity index (χ0) is 17.7. The number of ether oxygens (including phenoxy) is 1. The van der Waals surface area contributed by atoms with E-state index in [2.05, 4.69) is 54.8 Å². The Hall–Kier alpha value is -1.87. The van der Waals surface area contributed by atoms with E-state index in [1.807, 2.05) is 6.07 Å². The number of carbonyl (C=O) groups excluding carboxylic acids is 1. The lowest BCUT2D eigenvalue weighted by molar-refractivity contribution is -0.143. The molecule has 1 aliphatic carbocycles. The van der Waals surface area contributed by atoms with E-state index in [9.17, 15) is 4.79 Å². The van der Waals surface area contributed by atoms with E-state index in [0.29, 0.717) is 12.5 Å². The highest BCUT2D eigenvalue weighted by Crippen LogP contribution is 2.37. The van der Waals surface area contributed by atoms with Crippen molar-refractivity contribution in [2.24, 2.45) is 5.41 Å². The van der Waals surface area contributed by atoms with Gasteiger partial charge in [0.1, 0.15) is 0 Å². The van der Waals surface area contributed by atoms with Crippen LogP contribution in [0.4, 0.5) is 0 Å². The van der Waals surface area contributed by atoms with Crippen LogP contribution in [0.3, 0.4) is 0 Å². The van der Waals surface area contributed by atoms with Crippen LogP contribution in [0.1, 0.15) is 38.2 Å². The van der Waals surface area contributed by atoms with Gasteiger partial charge in [-0.05, 0) is 37.7 Å². The largest absolute Gasteiger partial charge is 0.372 e. The molecule has 0 saturated carbocycles. The molecular formula is C22H29NO2. The Balaban J connectivity index is 1.79. The van der Waals surface area contributed by atoms with Crippen molar-refractivity contribution in [2.75, 3.05) is 13.2 Å². The Labute approximate surface area is 151 Å². The number of likely N-dealkylation sites (tertiary alicyclic amines) is 1. The third-order valence-electron chi connectivity index (χ3n) is 5.57. The number of amides is 1. The molecule has 1 heterocycles. The van der Waals surface area contributed by atoms with Crippen LogP contribution < -0.4 is 0 Å². The molecule has 25 heavy (non-hydrogen) atoms. The molecule has 0 bridgehead atoms. The fourth-order valence-corrected chi connectivity index (χ4v) is 4.07. The molecule has 3 nitrogen and oxygen atoms in total. The van der Waals surface area contributed by atoms with Gasteiger partial charge in [0.25, 0.3) is 0 Å². The zero-order valence-electron chi connectivity index (χ0n) is 15.2.